The van der Waals surface area contributed by atoms with Crippen molar-refractivity contribution in [1.29, 1.82) is 5.26 Å². The number of rotatable bonds is 3. The highest BCUT2D eigenvalue weighted by molar-refractivity contribution is 5.38. The molecular formula is C10H12FN3. The molecule has 0 saturated carbocycles. The Morgan fingerprint density at radius 2 is 2.36 bits per heavy atom. The zero-order valence-electron chi connectivity index (χ0n) is 8.24. The van der Waals surface area contributed by atoms with E-state index >= 15 is 0 Å². The molecule has 0 fully saturated rings. The molecule has 0 aliphatic carbocycles. The molecular weight excluding hydrogens is 181 g/mol. The predicted octanol–water partition coefficient (Wildman–Crippen LogP) is 1.96. The molecule has 1 aromatic rings. The molecule has 3 nitrogen and oxygen atoms in total. The summed E-state index contributed by atoms with van der Waals surface area (Å²) in [5, 5.41) is 8.52. The number of hydrogen-bond acceptors (Lipinski definition) is 3. The molecule has 0 aliphatic heterocycles. The van der Waals surface area contributed by atoms with E-state index in [1.54, 1.807) is 24.1 Å². The first-order valence-electron chi connectivity index (χ1n) is 4.37. The minimum atomic E-state index is -0.501. The second-order valence-corrected chi connectivity index (χ2v) is 3.14. The van der Waals surface area contributed by atoms with E-state index in [0.29, 0.717) is 12.2 Å². The molecule has 0 radical (unpaired) electrons. The molecule has 1 unspecified atom stereocenters. The standard InChI is InChI=1S/C10H12FN3/c1-8(6-7-12)14(2)10-5-3-4-9(11)13-10/h3-5,8H,6H2,1-2H3. The van der Waals surface area contributed by atoms with Gasteiger partial charge in [-0.15, -0.1) is 0 Å². The molecule has 4 heteroatoms. The van der Waals surface area contributed by atoms with E-state index in [4.69, 9.17) is 5.26 Å². The van der Waals surface area contributed by atoms with E-state index in [-0.39, 0.29) is 6.04 Å². The fourth-order valence-electron chi connectivity index (χ4n) is 1.09. The van der Waals surface area contributed by atoms with Gasteiger partial charge in [-0.25, -0.2) is 4.98 Å². The Labute approximate surface area is 82.8 Å². The molecule has 0 saturated heterocycles. The maximum absolute atomic E-state index is 12.8. The second kappa shape index (κ2) is 4.56. The number of halogens is 1. The van der Waals surface area contributed by atoms with Gasteiger partial charge in [0, 0.05) is 13.1 Å². The average Bonchev–Trinajstić information content (AvgIpc) is 2.17. The third-order valence-corrected chi connectivity index (χ3v) is 2.11. The van der Waals surface area contributed by atoms with Crippen LogP contribution in [0.4, 0.5) is 10.2 Å². The zero-order valence-corrected chi connectivity index (χ0v) is 8.24. The van der Waals surface area contributed by atoms with Crippen LogP contribution in [0.3, 0.4) is 0 Å². The van der Waals surface area contributed by atoms with Gasteiger partial charge in [0.25, 0.3) is 0 Å². The normalized spacial score (nSPS) is 11.9. The van der Waals surface area contributed by atoms with Gasteiger partial charge in [0.05, 0.1) is 12.5 Å². The van der Waals surface area contributed by atoms with Crippen LogP contribution >= 0.6 is 0 Å². The Morgan fingerprint density at radius 1 is 1.64 bits per heavy atom. The maximum atomic E-state index is 12.8. The Kier molecular flexibility index (Phi) is 3.41. The lowest BCUT2D eigenvalue weighted by Gasteiger charge is -2.23. The van der Waals surface area contributed by atoms with Gasteiger partial charge in [0.2, 0.25) is 5.95 Å². The van der Waals surface area contributed by atoms with Gasteiger partial charge in [-0.3, -0.25) is 0 Å². The fraction of sp³-hybridized carbons (Fsp3) is 0.400. The number of nitrogens with zero attached hydrogens (tertiary/aromatic N) is 3. The molecule has 14 heavy (non-hydrogen) atoms. The van der Waals surface area contributed by atoms with Crippen LogP contribution in [0.25, 0.3) is 0 Å². The number of hydrogen-bond donors (Lipinski definition) is 0. The van der Waals surface area contributed by atoms with E-state index in [1.807, 2.05) is 6.92 Å². The monoisotopic (exact) mass is 193 g/mol. The lowest BCUT2D eigenvalue weighted by Crippen LogP contribution is -2.29. The predicted molar refractivity (Wildman–Crippen MR) is 52.3 cm³/mol. The lowest BCUT2D eigenvalue weighted by atomic mass is 10.2. The van der Waals surface area contributed by atoms with Gasteiger partial charge in [0.1, 0.15) is 5.82 Å². The first-order valence-corrected chi connectivity index (χ1v) is 4.37. The van der Waals surface area contributed by atoms with Gasteiger partial charge in [0.15, 0.2) is 0 Å². The highest BCUT2D eigenvalue weighted by Crippen LogP contribution is 2.13. The molecule has 0 amide bonds. The van der Waals surface area contributed by atoms with E-state index in [0.717, 1.165) is 0 Å². The number of nitriles is 1. The summed E-state index contributed by atoms with van der Waals surface area (Å²) in [5.41, 5.74) is 0. The van der Waals surface area contributed by atoms with Gasteiger partial charge >= 0.3 is 0 Å². The number of aromatic nitrogens is 1. The third kappa shape index (κ3) is 2.43. The van der Waals surface area contributed by atoms with Crippen LogP contribution in [0, 0.1) is 17.3 Å². The van der Waals surface area contributed by atoms with Crippen LogP contribution in [0.5, 0.6) is 0 Å². The summed E-state index contributed by atoms with van der Waals surface area (Å²) in [6.07, 6.45) is 0.398. The topological polar surface area (TPSA) is 39.9 Å². The molecule has 1 rings (SSSR count). The van der Waals surface area contributed by atoms with Crippen molar-refractivity contribution in [2.75, 3.05) is 11.9 Å². The molecule has 74 valence electrons. The second-order valence-electron chi connectivity index (χ2n) is 3.14. The van der Waals surface area contributed by atoms with E-state index < -0.39 is 5.95 Å². The Morgan fingerprint density at radius 3 is 2.93 bits per heavy atom. The molecule has 0 N–H and O–H groups in total. The van der Waals surface area contributed by atoms with Crippen molar-refractivity contribution in [2.24, 2.45) is 0 Å². The van der Waals surface area contributed by atoms with Crippen molar-refractivity contribution in [3.05, 3.63) is 24.1 Å². The van der Waals surface area contributed by atoms with Crippen molar-refractivity contribution in [2.45, 2.75) is 19.4 Å². The summed E-state index contributed by atoms with van der Waals surface area (Å²) in [6, 6.07) is 6.73. The minimum absolute atomic E-state index is 0.0364. The third-order valence-electron chi connectivity index (χ3n) is 2.11. The van der Waals surface area contributed by atoms with Crippen molar-refractivity contribution in [3.8, 4) is 6.07 Å². The Hall–Kier alpha value is -1.63. The molecule has 0 spiro atoms. The summed E-state index contributed by atoms with van der Waals surface area (Å²) in [5.74, 6) is 0.0475. The number of anilines is 1. The fourth-order valence-corrected chi connectivity index (χ4v) is 1.09. The molecule has 0 aromatic carbocycles. The summed E-state index contributed by atoms with van der Waals surface area (Å²) < 4.78 is 12.8. The van der Waals surface area contributed by atoms with Crippen molar-refractivity contribution < 1.29 is 4.39 Å². The minimum Gasteiger partial charge on any atom is -0.356 e. The first-order chi connectivity index (χ1) is 6.65. The molecule has 1 atom stereocenters. The van der Waals surface area contributed by atoms with E-state index in [9.17, 15) is 4.39 Å². The smallest absolute Gasteiger partial charge is 0.214 e. The molecule has 0 aliphatic rings. The van der Waals surface area contributed by atoms with Crippen LogP contribution in [-0.4, -0.2) is 18.1 Å². The van der Waals surface area contributed by atoms with Crippen molar-refractivity contribution >= 4 is 5.82 Å². The number of pyridine rings is 1. The SMILES string of the molecule is CC(CC#N)N(C)c1cccc(F)n1. The van der Waals surface area contributed by atoms with Crippen LogP contribution in [0.2, 0.25) is 0 Å². The quantitative estimate of drug-likeness (QED) is 0.689. The van der Waals surface area contributed by atoms with E-state index in [1.165, 1.54) is 6.07 Å². The molecule has 1 heterocycles. The summed E-state index contributed by atoms with van der Waals surface area (Å²) in [4.78, 5) is 5.51. The summed E-state index contributed by atoms with van der Waals surface area (Å²) >= 11 is 0. The van der Waals surface area contributed by atoms with Gasteiger partial charge < -0.3 is 4.90 Å². The average molecular weight is 193 g/mol. The van der Waals surface area contributed by atoms with Crippen LogP contribution in [-0.2, 0) is 0 Å². The van der Waals surface area contributed by atoms with Crippen LogP contribution in [0.1, 0.15) is 13.3 Å². The Bertz CT molecular complexity index is 345. The lowest BCUT2D eigenvalue weighted by molar-refractivity contribution is 0.578. The van der Waals surface area contributed by atoms with Crippen LogP contribution in [0.15, 0.2) is 18.2 Å². The summed E-state index contributed by atoms with van der Waals surface area (Å²) in [7, 11) is 1.80. The largest absolute Gasteiger partial charge is 0.356 e. The summed E-state index contributed by atoms with van der Waals surface area (Å²) in [6.45, 7) is 1.90. The Balaban J connectivity index is 2.79. The highest BCUT2D eigenvalue weighted by atomic mass is 19.1. The molecule has 1 aromatic heterocycles. The van der Waals surface area contributed by atoms with Crippen molar-refractivity contribution in [3.63, 3.8) is 0 Å². The van der Waals surface area contributed by atoms with Gasteiger partial charge in [-0.1, -0.05) is 6.07 Å². The van der Waals surface area contributed by atoms with Gasteiger partial charge in [-0.05, 0) is 19.1 Å². The van der Waals surface area contributed by atoms with Crippen molar-refractivity contribution in [1.82, 2.24) is 4.98 Å². The van der Waals surface area contributed by atoms with Gasteiger partial charge in [-0.2, -0.15) is 9.65 Å². The highest BCUT2D eigenvalue weighted by Gasteiger charge is 2.10. The zero-order chi connectivity index (χ0) is 10.6. The molecule has 0 bridgehead atoms. The maximum Gasteiger partial charge on any atom is 0.214 e. The first kappa shape index (κ1) is 10.5. The van der Waals surface area contributed by atoms with E-state index in [2.05, 4.69) is 11.1 Å². The van der Waals surface area contributed by atoms with Crippen LogP contribution < -0.4 is 4.90 Å².